The maximum absolute atomic E-state index is 13.2. The Labute approximate surface area is 119 Å². The monoisotopic (exact) mass is 279 g/mol. The molecule has 19 heavy (non-hydrogen) atoms. The van der Waals surface area contributed by atoms with Crippen LogP contribution >= 0.6 is 11.8 Å². The van der Waals surface area contributed by atoms with Crippen molar-refractivity contribution in [3.63, 3.8) is 0 Å². The molecule has 1 aromatic rings. The van der Waals surface area contributed by atoms with Gasteiger partial charge in [-0.3, -0.25) is 0 Å². The van der Waals surface area contributed by atoms with Crippen LogP contribution in [0, 0.1) is 5.82 Å². The van der Waals surface area contributed by atoms with E-state index >= 15 is 0 Å². The number of hydrogen-bond donors (Lipinski definition) is 1. The number of halogens is 1. The number of thioether (sulfide) groups is 1. The summed E-state index contributed by atoms with van der Waals surface area (Å²) in [5.74, 6) is 1.76. The lowest BCUT2D eigenvalue weighted by Gasteiger charge is -2.38. The van der Waals surface area contributed by atoms with Crippen LogP contribution in [0.3, 0.4) is 0 Å². The number of rotatable bonds is 4. The van der Waals surface area contributed by atoms with Gasteiger partial charge in [-0.05, 0) is 62.0 Å². The highest BCUT2D eigenvalue weighted by atomic mass is 32.2. The summed E-state index contributed by atoms with van der Waals surface area (Å²) in [7, 11) is 0. The van der Waals surface area contributed by atoms with E-state index < -0.39 is 0 Å². The van der Waals surface area contributed by atoms with E-state index in [-0.39, 0.29) is 5.82 Å². The minimum atomic E-state index is -0.108. The first-order chi connectivity index (χ1) is 9.15. The molecule has 1 atom stereocenters. The second kappa shape index (κ2) is 5.45. The maximum Gasteiger partial charge on any atom is 0.123 e. The summed E-state index contributed by atoms with van der Waals surface area (Å²) in [5.41, 5.74) is 1.17. The topological polar surface area (TPSA) is 12.0 Å². The fourth-order valence-electron chi connectivity index (χ4n) is 3.15. The Balaban J connectivity index is 1.45. The Kier molecular flexibility index (Phi) is 3.86. The second-order valence-electron chi connectivity index (χ2n) is 6.20. The number of hydrogen-bond acceptors (Lipinski definition) is 2. The summed E-state index contributed by atoms with van der Waals surface area (Å²) in [4.78, 5) is 0. The molecule has 3 heteroatoms. The largest absolute Gasteiger partial charge is 0.313 e. The van der Waals surface area contributed by atoms with Crippen LogP contribution in [-0.2, 0) is 0 Å². The molecule has 1 unspecified atom stereocenters. The van der Waals surface area contributed by atoms with Crippen LogP contribution in [0.25, 0.3) is 0 Å². The van der Waals surface area contributed by atoms with Crippen LogP contribution < -0.4 is 5.32 Å². The molecule has 0 bridgehead atoms. The van der Waals surface area contributed by atoms with E-state index in [4.69, 9.17) is 0 Å². The second-order valence-corrected chi connectivity index (χ2v) is 7.89. The smallest absolute Gasteiger partial charge is 0.123 e. The third-order valence-electron chi connectivity index (χ3n) is 4.52. The van der Waals surface area contributed by atoms with Gasteiger partial charge in [0.25, 0.3) is 0 Å². The van der Waals surface area contributed by atoms with Crippen molar-refractivity contribution >= 4 is 11.8 Å². The molecule has 1 saturated heterocycles. The molecule has 1 aliphatic heterocycles. The third kappa shape index (κ3) is 3.14. The standard InChI is InChI=1S/C16H22FNS/c1-16(6-3-7-19-16)11-18-15-9-13(10-15)12-4-2-5-14(17)8-12/h2,4-5,8,13,15,18H,3,6-7,9-11H2,1H3. The first-order valence-corrected chi connectivity index (χ1v) is 8.26. The van der Waals surface area contributed by atoms with Gasteiger partial charge in [0.05, 0.1) is 0 Å². The van der Waals surface area contributed by atoms with E-state index in [1.165, 1.54) is 30.2 Å². The summed E-state index contributed by atoms with van der Waals surface area (Å²) >= 11 is 2.11. The van der Waals surface area contributed by atoms with Crippen molar-refractivity contribution in [3.8, 4) is 0 Å². The molecular formula is C16H22FNS. The zero-order chi connectivity index (χ0) is 13.3. The van der Waals surface area contributed by atoms with E-state index in [1.807, 2.05) is 6.07 Å². The average Bonchev–Trinajstić information content (AvgIpc) is 2.74. The van der Waals surface area contributed by atoms with E-state index in [2.05, 4.69) is 30.1 Å². The van der Waals surface area contributed by atoms with Gasteiger partial charge in [-0.15, -0.1) is 0 Å². The van der Waals surface area contributed by atoms with Crippen LogP contribution in [0.5, 0.6) is 0 Å². The summed E-state index contributed by atoms with van der Waals surface area (Å²) in [6.07, 6.45) is 5.01. The predicted octanol–water partition coefficient (Wildman–Crippen LogP) is 3.95. The molecule has 0 radical (unpaired) electrons. The van der Waals surface area contributed by atoms with Gasteiger partial charge in [-0.25, -0.2) is 4.39 Å². The summed E-state index contributed by atoms with van der Waals surface area (Å²) in [6, 6.07) is 7.72. The molecule has 1 aromatic carbocycles. The zero-order valence-electron chi connectivity index (χ0n) is 11.5. The van der Waals surface area contributed by atoms with Crippen molar-refractivity contribution in [2.45, 2.75) is 49.3 Å². The van der Waals surface area contributed by atoms with E-state index in [0.29, 0.717) is 16.7 Å². The molecule has 0 aromatic heterocycles. The van der Waals surface area contributed by atoms with Crippen LogP contribution in [0.1, 0.15) is 44.1 Å². The minimum absolute atomic E-state index is 0.108. The van der Waals surface area contributed by atoms with Gasteiger partial charge in [-0.1, -0.05) is 12.1 Å². The van der Waals surface area contributed by atoms with Crippen molar-refractivity contribution in [1.82, 2.24) is 5.32 Å². The van der Waals surface area contributed by atoms with Crippen LogP contribution in [-0.4, -0.2) is 23.1 Å². The van der Waals surface area contributed by atoms with E-state index in [1.54, 1.807) is 6.07 Å². The molecule has 1 nitrogen and oxygen atoms in total. The van der Waals surface area contributed by atoms with Crippen molar-refractivity contribution in [1.29, 1.82) is 0 Å². The van der Waals surface area contributed by atoms with Gasteiger partial charge >= 0.3 is 0 Å². The fourth-order valence-corrected chi connectivity index (χ4v) is 4.41. The van der Waals surface area contributed by atoms with Crippen LogP contribution in [0.2, 0.25) is 0 Å². The first kappa shape index (κ1) is 13.4. The third-order valence-corrected chi connectivity index (χ3v) is 6.06. The molecule has 2 aliphatic rings. The molecule has 2 fully saturated rings. The SMILES string of the molecule is CC1(CNC2CC(c3cccc(F)c3)C2)CCCS1. The van der Waals surface area contributed by atoms with Gasteiger partial charge < -0.3 is 5.32 Å². The molecule has 1 heterocycles. The van der Waals surface area contributed by atoms with Crippen LogP contribution in [0.15, 0.2) is 24.3 Å². The van der Waals surface area contributed by atoms with E-state index in [9.17, 15) is 4.39 Å². The Morgan fingerprint density at radius 3 is 2.95 bits per heavy atom. The van der Waals surface area contributed by atoms with Crippen molar-refractivity contribution in [2.75, 3.05) is 12.3 Å². The molecule has 1 aliphatic carbocycles. The molecule has 3 rings (SSSR count). The lowest BCUT2D eigenvalue weighted by molar-refractivity contribution is 0.282. The lowest BCUT2D eigenvalue weighted by Crippen LogP contribution is -2.45. The lowest BCUT2D eigenvalue weighted by atomic mass is 9.75. The number of benzene rings is 1. The molecule has 1 saturated carbocycles. The highest BCUT2D eigenvalue weighted by Gasteiger charge is 2.34. The molecular weight excluding hydrogens is 257 g/mol. The Hall–Kier alpha value is -0.540. The van der Waals surface area contributed by atoms with Gasteiger partial charge in [-0.2, -0.15) is 11.8 Å². The van der Waals surface area contributed by atoms with Crippen molar-refractivity contribution < 1.29 is 4.39 Å². The highest BCUT2D eigenvalue weighted by molar-refractivity contribution is 8.00. The van der Waals surface area contributed by atoms with Gasteiger partial charge in [0.15, 0.2) is 0 Å². The quantitative estimate of drug-likeness (QED) is 0.895. The predicted molar refractivity (Wildman–Crippen MR) is 80.3 cm³/mol. The van der Waals surface area contributed by atoms with Gasteiger partial charge in [0.2, 0.25) is 0 Å². The van der Waals surface area contributed by atoms with Crippen molar-refractivity contribution in [3.05, 3.63) is 35.6 Å². The average molecular weight is 279 g/mol. The fraction of sp³-hybridized carbons (Fsp3) is 0.625. The Morgan fingerprint density at radius 1 is 1.42 bits per heavy atom. The number of nitrogens with one attached hydrogen (secondary N) is 1. The molecule has 104 valence electrons. The molecule has 1 N–H and O–H groups in total. The summed E-state index contributed by atoms with van der Waals surface area (Å²) < 4.78 is 13.6. The van der Waals surface area contributed by atoms with Gasteiger partial charge in [0, 0.05) is 17.3 Å². The van der Waals surface area contributed by atoms with Gasteiger partial charge in [0.1, 0.15) is 5.82 Å². The Morgan fingerprint density at radius 2 is 2.26 bits per heavy atom. The van der Waals surface area contributed by atoms with E-state index in [0.717, 1.165) is 19.4 Å². The minimum Gasteiger partial charge on any atom is -0.313 e. The summed E-state index contributed by atoms with van der Waals surface area (Å²) in [6.45, 7) is 3.50. The maximum atomic E-state index is 13.2. The zero-order valence-corrected chi connectivity index (χ0v) is 12.3. The molecule has 0 amide bonds. The highest BCUT2D eigenvalue weighted by Crippen LogP contribution is 2.40. The normalized spacial score (nSPS) is 34.2. The first-order valence-electron chi connectivity index (χ1n) is 7.27. The Bertz CT molecular complexity index is 436. The van der Waals surface area contributed by atoms with Crippen molar-refractivity contribution in [2.24, 2.45) is 0 Å². The summed E-state index contributed by atoms with van der Waals surface area (Å²) in [5, 5.41) is 3.70. The molecule has 0 spiro atoms. The van der Waals surface area contributed by atoms with Crippen LogP contribution in [0.4, 0.5) is 4.39 Å².